The number of hydrogen-bond acceptors (Lipinski definition) is 2. The Kier molecular flexibility index (Phi) is 2.89. The Balaban J connectivity index is 1.45. The van der Waals surface area contributed by atoms with Crippen LogP contribution in [0.3, 0.4) is 0 Å². The molecule has 1 aromatic carbocycles. The molecule has 2 fully saturated rings. The Morgan fingerprint density at radius 2 is 2.00 bits per heavy atom. The van der Waals surface area contributed by atoms with E-state index in [1.54, 1.807) is 11.1 Å². The second-order valence-electron chi connectivity index (χ2n) is 6.72. The number of rotatable bonds is 2. The van der Waals surface area contributed by atoms with Crippen LogP contribution in [0.25, 0.3) is 0 Å². The fourth-order valence-electron chi connectivity index (χ4n) is 4.44. The van der Waals surface area contributed by atoms with Gasteiger partial charge in [-0.05, 0) is 54.7 Å². The van der Waals surface area contributed by atoms with Crippen molar-refractivity contribution >= 4 is 0 Å². The monoisotopic (exact) mass is 257 g/mol. The largest absolute Gasteiger partial charge is 0.393 e. The highest BCUT2D eigenvalue weighted by Crippen LogP contribution is 2.38. The third-order valence-electron chi connectivity index (χ3n) is 5.46. The van der Waals surface area contributed by atoms with Crippen LogP contribution in [-0.4, -0.2) is 29.2 Å². The molecule has 102 valence electrons. The van der Waals surface area contributed by atoms with E-state index >= 15 is 0 Å². The van der Waals surface area contributed by atoms with E-state index < -0.39 is 0 Å². The van der Waals surface area contributed by atoms with Crippen LogP contribution in [0.1, 0.15) is 36.0 Å². The van der Waals surface area contributed by atoms with Gasteiger partial charge in [0.1, 0.15) is 0 Å². The molecule has 0 radical (unpaired) electrons. The van der Waals surface area contributed by atoms with E-state index in [1.807, 2.05) is 0 Å². The van der Waals surface area contributed by atoms with Crippen LogP contribution in [0.15, 0.2) is 18.2 Å². The van der Waals surface area contributed by atoms with Crippen LogP contribution in [0, 0.1) is 11.8 Å². The summed E-state index contributed by atoms with van der Waals surface area (Å²) in [4.78, 5) is 2.55. The van der Waals surface area contributed by atoms with Crippen molar-refractivity contribution in [3.05, 3.63) is 34.9 Å². The van der Waals surface area contributed by atoms with Crippen molar-refractivity contribution < 1.29 is 5.11 Å². The lowest BCUT2D eigenvalue weighted by Gasteiger charge is -2.18. The predicted molar refractivity (Wildman–Crippen MR) is 76.0 cm³/mol. The van der Waals surface area contributed by atoms with Crippen molar-refractivity contribution in [2.75, 3.05) is 13.1 Å². The fourth-order valence-corrected chi connectivity index (χ4v) is 4.44. The molecule has 1 aromatic rings. The summed E-state index contributed by atoms with van der Waals surface area (Å²) >= 11 is 0. The maximum atomic E-state index is 9.98. The number of likely N-dealkylation sites (tertiary alicyclic amines) is 1. The fraction of sp³-hybridized carbons (Fsp3) is 0.647. The molecule has 1 aliphatic heterocycles. The van der Waals surface area contributed by atoms with Crippen molar-refractivity contribution in [3.63, 3.8) is 0 Å². The quantitative estimate of drug-likeness (QED) is 0.879. The Morgan fingerprint density at radius 3 is 2.89 bits per heavy atom. The molecule has 1 heterocycles. The van der Waals surface area contributed by atoms with E-state index in [9.17, 15) is 5.11 Å². The molecule has 2 aliphatic carbocycles. The van der Waals surface area contributed by atoms with Gasteiger partial charge in [0.2, 0.25) is 0 Å². The Labute approximate surface area is 115 Å². The summed E-state index contributed by atoms with van der Waals surface area (Å²) in [6.07, 6.45) is 6.10. The summed E-state index contributed by atoms with van der Waals surface area (Å²) in [5.74, 6) is 1.30. The zero-order chi connectivity index (χ0) is 12.8. The summed E-state index contributed by atoms with van der Waals surface area (Å²) in [6.45, 7) is 3.37. The minimum absolute atomic E-state index is 0.0324. The maximum absolute atomic E-state index is 9.98. The first-order valence-corrected chi connectivity index (χ1v) is 7.81. The van der Waals surface area contributed by atoms with Gasteiger partial charge < -0.3 is 5.11 Å². The minimum atomic E-state index is -0.0324. The molecule has 2 nitrogen and oxygen atoms in total. The molecular weight excluding hydrogens is 234 g/mol. The van der Waals surface area contributed by atoms with Gasteiger partial charge >= 0.3 is 0 Å². The van der Waals surface area contributed by atoms with Gasteiger partial charge in [-0.2, -0.15) is 0 Å². The topological polar surface area (TPSA) is 23.5 Å². The van der Waals surface area contributed by atoms with E-state index in [2.05, 4.69) is 23.1 Å². The minimum Gasteiger partial charge on any atom is -0.393 e. The zero-order valence-corrected chi connectivity index (χ0v) is 11.5. The number of aryl methyl sites for hydroxylation is 2. The van der Waals surface area contributed by atoms with E-state index in [-0.39, 0.29) is 6.10 Å². The van der Waals surface area contributed by atoms with Gasteiger partial charge in [-0.1, -0.05) is 18.2 Å². The van der Waals surface area contributed by atoms with E-state index in [0.29, 0.717) is 5.92 Å². The molecule has 19 heavy (non-hydrogen) atoms. The number of hydrogen-bond donors (Lipinski definition) is 1. The summed E-state index contributed by atoms with van der Waals surface area (Å²) in [5, 5.41) is 9.98. The molecule has 3 unspecified atom stereocenters. The van der Waals surface area contributed by atoms with Crippen molar-refractivity contribution in [1.82, 2.24) is 4.90 Å². The highest BCUT2D eigenvalue weighted by atomic mass is 16.3. The molecule has 0 spiro atoms. The van der Waals surface area contributed by atoms with Gasteiger partial charge in [0, 0.05) is 25.6 Å². The molecular formula is C17H23NO. The second kappa shape index (κ2) is 4.60. The first kappa shape index (κ1) is 11.9. The van der Waals surface area contributed by atoms with Gasteiger partial charge in [-0.25, -0.2) is 0 Å². The van der Waals surface area contributed by atoms with Crippen LogP contribution < -0.4 is 0 Å². The number of fused-ring (bicyclic) bond motifs is 2. The van der Waals surface area contributed by atoms with Gasteiger partial charge in [0.15, 0.2) is 0 Å². The Morgan fingerprint density at radius 1 is 1.11 bits per heavy atom. The summed E-state index contributed by atoms with van der Waals surface area (Å²) in [5.41, 5.74) is 4.62. The molecule has 1 saturated carbocycles. The molecule has 3 aliphatic rings. The Hall–Kier alpha value is -0.860. The van der Waals surface area contributed by atoms with Gasteiger partial charge in [0.05, 0.1) is 6.10 Å². The summed E-state index contributed by atoms with van der Waals surface area (Å²) in [7, 11) is 0. The van der Waals surface area contributed by atoms with Crippen LogP contribution in [0.2, 0.25) is 0 Å². The summed E-state index contributed by atoms with van der Waals surface area (Å²) in [6, 6.07) is 7.07. The van der Waals surface area contributed by atoms with Crippen LogP contribution in [0.4, 0.5) is 0 Å². The molecule has 1 N–H and O–H groups in total. The summed E-state index contributed by atoms with van der Waals surface area (Å²) < 4.78 is 0. The molecule has 4 rings (SSSR count). The molecule has 1 saturated heterocycles. The maximum Gasteiger partial charge on any atom is 0.0583 e. The highest BCUT2D eigenvalue weighted by Gasteiger charge is 2.41. The normalized spacial score (nSPS) is 33.6. The lowest BCUT2D eigenvalue weighted by atomic mass is 10.00. The van der Waals surface area contributed by atoms with Gasteiger partial charge in [-0.3, -0.25) is 4.90 Å². The van der Waals surface area contributed by atoms with Crippen LogP contribution >= 0.6 is 0 Å². The average Bonchev–Trinajstić information content (AvgIpc) is 3.07. The predicted octanol–water partition coefficient (Wildman–Crippen LogP) is 2.38. The SMILES string of the molecule is OC1CCC2CN(Cc3ccc4c(c3)CCC4)CC12. The Bertz CT molecular complexity index is 484. The van der Waals surface area contributed by atoms with Crippen molar-refractivity contribution in [3.8, 4) is 0 Å². The first-order valence-electron chi connectivity index (χ1n) is 7.81. The van der Waals surface area contributed by atoms with E-state index in [0.717, 1.165) is 25.4 Å². The lowest BCUT2D eigenvalue weighted by Crippen LogP contribution is -2.24. The molecule has 0 aromatic heterocycles. The van der Waals surface area contributed by atoms with Crippen LogP contribution in [-0.2, 0) is 19.4 Å². The van der Waals surface area contributed by atoms with E-state index in [4.69, 9.17) is 0 Å². The average molecular weight is 257 g/mol. The molecule has 3 atom stereocenters. The van der Waals surface area contributed by atoms with Crippen molar-refractivity contribution in [2.24, 2.45) is 11.8 Å². The molecule has 2 heteroatoms. The van der Waals surface area contributed by atoms with Gasteiger partial charge in [0.25, 0.3) is 0 Å². The number of benzene rings is 1. The standard InChI is InChI=1S/C17H23NO/c19-17-7-6-15-10-18(11-16(15)17)9-12-4-5-13-2-1-3-14(13)8-12/h4-5,8,15-17,19H,1-3,6-7,9-11H2. The number of aliphatic hydroxyl groups is 1. The van der Waals surface area contributed by atoms with Gasteiger partial charge in [-0.15, -0.1) is 0 Å². The third-order valence-corrected chi connectivity index (χ3v) is 5.46. The lowest BCUT2D eigenvalue weighted by molar-refractivity contribution is 0.123. The third kappa shape index (κ3) is 2.11. The second-order valence-corrected chi connectivity index (χ2v) is 6.72. The smallest absolute Gasteiger partial charge is 0.0583 e. The first-order chi connectivity index (χ1) is 9.29. The van der Waals surface area contributed by atoms with E-state index in [1.165, 1.54) is 37.8 Å². The van der Waals surface area contributed by atoms with Crippen molar-refractivity contribution in [2.45, 2.75) is 44.8 Å². The van der Waals surface area contributed by atoms with Crippen molar-refractivity contribution in [1.29, 1.82) is 0 Å². The molecule has 0 bridgehead atoms. The number of nitrogens with zero attached hydrogens (tertiary/aromatic N) is 1. The van der Waals surface area contributed by atoms with Crippen LogP contribution in [0.5, 0.6) is 0 Å². The number of aliphatic hydroxyl groups excluding tert-OH is 1. The molecule has 0 amide bonds. The highest BCUT2D eigenvalue weighted by molar-refractivity contribution is 5.35. The zero-order valence-electron chi connectivity index (χ0n) is 11.5.